The summed E-state index contributed by atoms with van der Waals surface area (Å²) in [7, 11) is 0. The maximum atomic E-state index is 6.13. The standard InChI is InChI=1S/C13H23N5/c1-9-11(14)7-4-8-18(9)13-15-12(16-17-13)10-5-2-3-6-10/h9-11H,2-8,14H2,1H3,(H,15,16,17). The smallest absolute Gasteiger partial charge is 0.245 e. The lowest BCUT2D eigenvalue weighted by Crippen LogP contribution is -2.51. The highest BCUT2D eigenvalue weighted by Crippen LogP contribution is 2.33. The van der Waals surface area contributed by atoms with Crippen molar-refractivity contribution in [2.24, 2.45) is 5.73 Å². The van der Waals surface area contributed by atoms with Crippen molar-refractivity contribution in [3.63, 3.8) is 0 Å². The Bertz CT molecular complexity index is 396. The molecule has 0 aromatic carbocycles. The van der Waals surface area contributed by atoms with Crippen LogP contribution >= 0.6 is 0 Å². The van der Waals surface area contributed by atoms with E-state index in [0.29, 0.717) is 12.0 Å². The number of hydrogen-bond acceptors (Lipinski definition) is 4. The summed E-state index contributed by atoms with van der Waals surface area (Å²) >= 11 is 0. The normalized spacial score (nSPS) is 30.0. The number of nitrogens with zero attached hydrogens (tertiary/aromatic N) is 3. The van der Waals surface area contributed by atoms with Gasteiger partial charge in [-0.2, -0.15) is 4.98 Å². The Morgan fingerprint density at radius 1 is 1.22 bits per heavy atom. The SMILES string of the molecule is CC1C(N)CCCN1c1n[nH]c(C2CCCC2)n1. The molecular weight excluding hydrogens is 226 g/mol. The van der Waals surface area contributed by atoms with Gasteiger partial charge in [-0.1, -0.05) is 12.8 Å². The summed E-state index contributed by atoms with van der Waals surface area (Å²) in [5.41, 5.74) is 6.13. The lowest BCUT2D eigenvalue weighted by Gasteiger charge is -2.36. The molecule has 1 aromatic rings. The van der Waals surface area contributed by atoms with E-state index in [9.17, 15) is 0 Å². The Morgan fingerprint density at radius 2 is 2.00 bits per heavy atom. The second-order valence-electron chi connectivity index (χ2n) is 5.74. The molecule has 0 spiro atoms. The van der Waals surface area contributed by atoms with Crippen LogP contribution in [0, 0.1) is 0 Å². The van der Waals surface area contributed by atoms with Gasteiger partial charge < -0.3 is 10.6 Å². The number of anilines is 1. The maximum Gasteiger partial charge on any atom is 0.245 e. The summed E-state index contributed by atoms with van der Waals surface area (Å²) < 4.78 is 0. The zero-order chi connectivity index (χ0) is 12.5. The van der Waals surface area contributed by atoms with Crippen molar-refractivity contribution >= 4 is 5.95 Å². The van der Waals surface area contributed by atoms with Crippen molar-refractivity contribution in [3.8, 4) is 0 Å². The molecular formula is C13H23N5. The number of aromatic amines is 1. The third-order valence-corrected chi connectivity index (χ3v) is 4.54. The van der Waals surface area contributed by atoms with E-state index < -0.39 is 0 Å². The Labute approximate surface area is 108 Å². The van der Waals surface area contributed by atoms with Crippen molar-refractivity contribution in [2.45, 2.75) is 63.5 Å². The molecule has 1 aromatic heterocycles. The molecule has 1 saturated heterocycles. The van der Waals surface area contributed by atoms with Gasteiger partial charge in [-0.05, 0) is 32.6 Å². The average Bonchev–Trinajstić information content (AvgIpc) is 3.01. The second-order valence-corrected chi connectivity index (χ2v) is 5.74. The van der Waals surface area contributed by atoms with Crippen LogP contribution in [0.2, 0.25) is 0 Å². The van der Waals surface area contributed by atoms with Crippen LogP contribution in [0.4, 0.5) is 5.95 Å². The summed E-state index contributed by atoms with van der Waals surface area (Å²) in [6.45, 7) is 3.20. The van der Waals surface area contributed by atoms with Crippen LogP contribution in [0.15, 0.2) is 0 Å². The first-order chi connectivity index (χ1) is 8.75. The third kappa shape index (κ3) is 2.11. The van der Waals surface area contributed by atoms with E-state index in [1.807, 2.05) is 0 Å². The minimum Gasteiger partial charge on any atom is -0.335 e. The molecule has 2 fully saturated rings. The molecule has 0 bridgehead atoms. The van der Waals surface area contributed by atoms with E-state index >= 15 is 0 Å². The number of hydrogen-bond donors (Lipinski definition) is 2. The van der Waals surface area contributed by atoms with Gasteiger partial charge in [-0.3, -0.25) is 5.10 Å². The Hall–Kier alpha value is -1.10. The van der Waals surface area contributed by atoms with Crippen molar-refractivity contribution in [1.29, 1.82) is 0 Å². The van der Waals surface area contributed by atoms with Crippen LogP contribution in [0.1, 0.15) is 57.2 Å². The van der Waals surface area contributed by atoms with Crippen LogP contribution in [-0.2, 0) is 0 Å². The van der Waals surface area contributed by atoms with Crippen LogP contribution in [0.3, 0.4) is 0 Å². The van der Waals surface area contributed by atoms with E-state index in [4.69, 9.17) is 10.7 Å². The molecule has 3 N–H and O–H groups in total. The molecule has 0 amide bonds. The Balaban J connectivity index is 1.75. The van der Waals surface area contributed by atoms with Crippen LogP contribution in [0.25, 0.3) is 0 Å². The zero-order valence-corrected chi connectivity index (χ0v) is 11.1. The highest BCUT2D eigenvalue weighted by molar-refractivity contribution is 5.32. The minimum atomic E-state index is 0.243. The summed E-state index contributed by atoms with van der Waals surface area (Å²) in [4.78, 5) is 6.96. The third-order valence-electron chi connectivity index (χ3n) is 4.54. The van der Waals surface area contributed by atoms with Gasteiger partial charge in [0.15, 0.2) is 0 Å². The predicted octanol–water partition coefficient (Wildman–Crippen LogP) is 1.78. The second kappa shape index (κ2) is 4.88. The topological polar surface area (TPSA) is 70.8 Å². The largest absolute Gasteiger partial charge is 0.335 e. The van der Waals surface area contributed by atoms with Gasteiger partial charge >= 0.3 is 0 Å². The van der Waals surface area contributed by atoms with Gasteiger partial charge in [-0.25, -0.2) is 0 Å². The molecule has 3 rings (SSSR count). The molecule has 1 saturated carbocycles. The summed E-state index contributed by atoms with van der Waals surface area (Å²) in [5.74, 6) is 2.52. The Morgan fingerprint density at radius 3 is 2.78 bits per heavy atom. The van der Waals surface area contributed by atoms with Crippen LogP contribution < -0.4 is 10.6 Å². The van der Waals surface area contributed by atoms with Crippen LogP contribution in [-0.4, -0.2) is 33.8 Å². The highest BCUT2D eigenvalue weighted by Gasteiger charge is 2.29. The van der Waals surface area contributed by atoms with Gasteiger partial charge in [0, 0.05) is 24.5 Å². The lowest BCUT2D eigenvalue weighted by atomic mass is 9.99. The number of H-pyrrole nitrogens is 1. The molecule has 2 atom stereocenters. The van der Waals surface area contributed by atoms with Crippen LogP contribution in [0.5, 0.6) is 0 Å². The highest BCUT2D eigenvalue weighted by atomic mass is 15.4. The zero-order valence-electron chi connectivity index (χ0n) is 11.1. The number of nitrogens with two attached hydrogens (primary N) is 1. The summed E-state index contributed by atoms with van der Waals surface area (Å²) in [5, 5.41) is 7.54. The lowest BCUT2D eigenvalue weighted by molar-refractivity contribution is 0.415. The molecule has 1 aliphatic heterocycles. The number of nitrogens with one attached hydrogen (secondary N) is 1. The van der Waals surface area contributed by atoms with E-state index in [-0.39, 0.29) is 6.04 Å². The molecule has 0 radical (unpaired) electrons. The molecule has 100 valence electrons. The van der Waals surface area contributed by atoms with Crippen molar-refractivity contribution in [3.05, 3.63) is 5.82 Å². The fourth-order valence-corrected chi connectivity index (χ4v) is 3.23. The van der Waals surface area contributed by atoms with Gasteiger partial charge in [-0.15, -0.1) is 5.10 Å². The van der Waals surface area contributed by atoms with E-state index in [1.165, 1.54) is 25.7 Å². The molecule has 2 heterocycles. The summed E-state index contributed by atoms with van der Waals surface area (Å²) in [6.07, 6.45) is 7.40. The fraction of sp³-hybridized carbons (Fsp3) is 0.846. The predicted molar refractivity (Wildman–Crippen MR) is 71.6 cm³/mol. The first kappa shape index (κ1) is 12.0. The molecule has 1 aliphatic carbocycles. The summed E-state index contributed by atoms with van der Waals surface area (Å²) in [6, 6.07) is 0.582. The number of rotatable bonds is 2. The van der Waals surface area contributed by atoms with E-state index in [1.54, 1.807) is 0 Å². The minimum absolute atomic E-state index is 0.243. The number of piperidine rings is 1. The van der Waals surface area contributed by atoms with Gasteiger partial charge in [0.1, 0.15) is 5.82 Å². The molecule has 2 unspecified atom stereocenters. The molecule has 5 nitrogen and oxygen atoms in total. The fourth-order valence-electron chi connectivity index (χ4n) is 3.23. The van der Waals surface area contributed by atoms with Crippen molar-refractivity contribution < 1.29 is 0 Å². The molecule has 2 aliphatic rings. The van der Waals surface area contributed by atoms with Crippen molar-refractivity contribution in [2.75, 3.05) is 11.4 Å². The monoisotopic (exact) mass is 249 g/mol. The van der Waals surface area contributed by atoms with Gasteiger partial charge in [0.2, 0.25) is 5.95 Å². The van der Waals surface area contributed by atoms with Crippen molar-refractivity contribution in [1.82, 2.24) is 15.2 Å². The van der Waals surface area contributed by atoms with Gasteiger partial charge in [0.05, 0.1) is 0 Å². The van der Waals surface area contributed by atoms with E-state index in [0.717, 1.165) is 31.2 Å². The number of aromatic nitrogens is 3. The average molecular weight is 249 g/mol. The van der Waals surface area contributed by atoms with E-state index in [2.05, 4.69) is 22.0 Å². The molecule has 5 heteroatoms. The quantitative estimate of drug-likeness (QED) is 0.838. The van der Waals surface area contributed by atoms with Gasteiger partial charge in [0.25, 0.3) is 0 Å². The first-order valence-corrected chi connectivity index (χ1v) is 7.20. The Kier molecular flexibility index (Phi) is 3.24. The first-order valence-electron chi connectivity index (χ1n) is 7.20. The maximum absolute atomic E-state index is 6.13. The molecule has 18 heavy (non-hydrogen) atoms.